The van der Waals surface area contributed by atoms with Crippen LogP contribution in [0.15, 0.2) is 42.7 Å². The molecule has 25 heavy (non-hydrogen) atoms. The van der Waals surface area contributed by atoms with E-state index < -0.39 is 11.9 Å². The summed E-state index contributed by atoms with van der Waals surface area (Å²) in [6, 6.07) is 7.96. The Bertz CT molecular complexity index is 968. The number of fused-ring (bicyclic) bond motifs is 1. The number of pyridine rings is 1. The molecule has 0 saturated carbocycles. The first-order chi connectivity index (χ1) is 12.0. The number of aromatic nitrogens is 2. The number of nitrogens with zero attached hydrogens (tertiary/aromatic N) is 2. The van der Waals surface area contributed by atoms with Crippen molar-refractivity contribution in [3.8, 4) is 5.75 Å². The molecule has 0 radical (unpaired) electrons. The van der Waals surface area contributed by atoms with E-state index in [4.69, 9.17) is 26.8 Å². The van der Waals surface area contributed by atoms with Crippen LogP contribution in [-0.2, 0) is 11.3 Å². The Kier molecular flexibility index (Phi) is 4.58. The van der Waals surface area contributed by atoms with Crippen molar-refractivity contribution in [1.29, 1.82) is 0 Å². The van der Waals surface area contributed by atoms with E-state index in [9.17, 15) is 9.59 Å². The highest BCUT2D eigenvalue weighted by Crippen LogP contribution is 2.23. The first kappa shape index (κ1) is 16.8. The minimum atomic E-state index is -0.638. The second-order valence-corrected chi connectivity index (χ2v) is 5.61. The van der Waals surface area contributed by atoms with Gasteiger partial charge in [0.25, 0.3) is 5.91 Å². The van der Waals surface area contributed by atoms with Crippen LogP contribution < -0.4 is 10.5 Å². The summed E-state index contributed by atoms with van der Waals surface area (Å²) in [5.41, 5.74) is 6.90. The molecule has 3 aromatic rings. The quantitative estimate of drug-likeness (QED) is 0.706. The lowest BCUT2D eigenvalue weighted by Gasteiger charge is -2.08. The van der Waals surface area contributed by atoms with Crippen molar-refractivity contribution in [3.63, 3.8) is 0 Å². The third-order valence-corrected chi connectivity index (χ3v) is 3.76. The number of imidazole rings is 1. The predicted molar refractivity (Wildman–Crippen MR) is 90.8 cm³/mol. The molecule has 0 unspecified atom stereocenters. The summed E-state index contributed by atoms with van der Waals surface area (Å²) in [5, 5.41) is 0.386. The summed E-state index contributed by atoms with van der Waals surface area (Å²) < 4.78 is 12.1. The lowest BCUT2D eigenvalue weighted by molar-refractivity contribution is 0.0602. The van der Waals surface area contributed by atoms with Gasteiger partial charge in [0.05, 0.1) is 18.4 Å². The largest absolute Gasteiger partial charge is 0.486 e. The van der Waals surface area contributed by atoms with E-state index in [1.54, 1.807) is 41.1 Å². The van der Waals surface area contributed by atoms with E-state index in [0.29, 0.717) is 27.7 Å². The molecular formula is C17H14ClN3O4. The number of methoxy groups -OCH3 is 1. The summed E-state index contributed by atoms with van der Waals surface area (Å²) in [6.07, 6.45) is 3.48. The van der Waals surface area contributed by atoms with Crippen molar-refractivity contribution in [2.45, 2.75) is 6.61 Å². The van der Waals surface area contributed by atoms with Crippen LogP contribution in [-0.4, -0.2) is 28.4 Å². The second kappa shape index (κ2) is 6.82. The Balaban J connectivity index is 1.88. The van der Waals surface area contributed by atoms with Crippen LogP contribution in [0.2, 0.25) is 5.02 Å². The molecule has 0 atom stereocenters. The first-order valence-electron chi connectivity index (χ1n) is 7.26. The van der Waals surface area contributed by atoms with Crippen molar-refractivity contribution in [2.75, 3.05) is 7.11 Å². The molecule has 2 aromatic heterocycles. The molecule has 0 fully saturated rings. The molecule has 2 heterocycles. The number of amides is 1. The molecule has 1 amide bonds. The van der Waals surface area contributed by atoms with Gasteiger partial charge in [-0.15, -0.1) is 0 Å². The standard InChI is InChI=1S/C17H14ClN3O4/c1-24-17(23)12-3-2-6-21-8-11(20-16(12)21)9-25-14-5-4-10(18)7-13(14)15(19)22/h2-8H,9H2,1H3,(H2,19,22). The number of esters is 1. The molecule has 0 aliphatic carbocycles. The molecule has 8 heteroatoms. The van der Waals surface area contributed by atoms with E-state index in [1.165, 1.54) is 13.2 Å². The number of primary amides is 1. The number of rotatable bonds is 5. The minimum absolute atomic E-state index is 0.0875. The fraction of sp³-hybridized carbons (Fsp3) is 0.118. The van der Waals surface area contributed by atoms with Crippen LogP contribution >= 0.6 is 11.6 Å². The number of halogens is 1. The summed E-state index contributed by atoms with van der Waals surface area (Å²) in [5.74, 6) is -0.806. The SMILES string of the molecule is COC(=O)c1cccn2cc(COc3ccc(Cl)cc3C(N)=O)nc12. The van der Waals surface area contributed by atoms with E-state index in [1.807, 2.05) is 0 Å². The maximum atomic E-state index is 11.8. The van der Waals surface area contributed by atoms with E-state index in [0.717, 1.165) is 0 Å². The number of hydrogen-bond donors (Lipinski definition) is 1. The molecule has 0 aliphatic heterocycles. The Morgan fingerprint density at radius 2 is 2.08 bits per heavy atom. The highest BCUT2D eigenvalue weighted by molar-refractivity contribution is 6.31. The lowest BCUT2D eigenvalue weighted by Crippen LogP contribution is -2.13. The molecule has 1 aromatic carbocycles. The van der Waals surface area contributed by atoms with Gasteiger partial charge in [-0.2, -0.15) is 0 Å². The van der Waals surface area contributed by atoms with Gasteiger partial charge in [0.2, 0.25) is 0 Å². The maximum absolute atomic E-state index is 11.8. The Labute approximate surface area is 147 Å². The van der Waals surface area contributed by atoms with Gasteiger partial charge in [0.1, 0.15) is 17.9 Å². The normalized spacial score (nSPS) is 10.6. The van der Waals surface area contributed by atoms with Crippen molar-refractivity contribution >= 4 is 29.1 Å². The third kappa shape index (κ3) is 3.41. The van der Waals surface area contributed by atoms with Gasteiger partial charge in [-0.3, -0.25) is 4.79 Å². The van der Waals surface area contributed by atoms with Gasteiger partial charge < -0.3 is 19.6 Å². The van der Waals surface area contributed by atoms with Crippen molar-refractivity contribution in [1.82, 2.24) is 9.38 Å². The fourth-order valence-corrected chi connectivity index (χ4v) is 2.55. The van der Waals surface area contributed by atoms with Gasteiger partial charge in [0.15, 0.2) is 5.65 Å². The highest BCUT2D eigenvalue weighted by atomic mass is 35.5. The topological polar surface area (TPSA) is 95.9 Å². The molecule has 128 valence electrons. The van der Waals surface area contributed by atoms with Crippen LogP contribution in [0.1, 0.15) is 26.4 Å². The van der Waals surface area contributed by atoms with Crippen molar-refractivity contribution < 1.29 is 19.1 Å². The molecule has 0 aliphatic rings. The lowest BCUT2D eigenvalue weighted by atomic mass is 10.2. The number of hydrogen-bond acceptors (Lipinski definition) is 5. The average molecular weight is 360 g/mol. The van der Waals surface area contributed by atoms with Gasteiger partial charge in [-0.1, -0.05) is 11.6 Å². The van der Waals surface area contributed by atoms with Gasteiger partial charge in [0, 0.05) is 17.4 Å². The fourth-order valence-electron chi connectivity index (χ4n) is 2.37. The average Bonchev–Trinajstić information content (AvgIpc) is 3.02. The maximum Gasteiger partial charge on any atom is 0.341 e. The second-order valence-electron chi connectivity index (χ2n) is 5.17. The van der Waals surface area contributed by atoms with Gasteiger partial charge in [-0.05, 0) is 30.3 Å². The summed E-state index contributed by atoms with van der Waals surface area (Å²) >= 11 is 5.87. The molecule has 7 nitrogen and oxygen atoms in total. The number of benzene rings is 1. The smallest absolute Gasteiger partial charge is 0.341 e. The summed E-state index contributed by atoms with van der Waals surface area (Å²) in [4.78, 5) is 27.7. The number of ether oxygens (including phenoxy) is 2. The van der Waals surface area contributed by atoms with E-state index in [-0.39, 0.29) is 12.2 Å². The predicted octanol–water partition coefficient (Wildman–Crippen LogP) is 2.45. The number of carbonyl (C=O) groups is 2. The number of nitrogens with two attached hydrogens (primary N) is 1. The highest BCUT2D eigenvalue weighted by Gasteiger charge is 2.15. The molecular weight excluding hydrogens is 346 g/mol. The third-order valence-electron chi connectivity index (χ3n) is 3.52. The van der Waals surface area contributed by atoms with E-state index >= 15 is 0 Å². The molecule has 2 N–H and O–H groups in total. The van der Waals surface area contributed by atoms with Crippen LogP contribution in [0.25, 0.3) is 5.65 Å². The van der Waals surface area contributed by atoms with Gasteiger partial charge >= 0.3 is 5.97 Å². The zero-order chi connectivity index (χ0) is 18.0. The number of carbonyl (C=O) groups excluding carboxylic acids is 2. The van der Waals surface area contributed by atoms with Crippen LogP contribution in [0.4, 0.5) is 0 Å². The van der Waals surface area contributed by atoms with Crippen LogP contribution in [0, 0.1) is 0 Å². The minimum Gasteiger partial charge on any atom is -0.486 e. The van der Waals surface area contributed by atoms with Crippen LogP contribution in [0.5, 0.6) is 5.75 Å². The molecule has 0 bridgehead atoms. The zero-order valence-corrected chi connectivity index (χ0v) is 14.0. The Hall–Kier alpha value is -3.06. The molecule has 3 rings (SSSR count). The molecule has 0 saturated heterocycles. The Morgan fingerprint density at radius 1 is 1.28 bits per heavy atom. The van der Waals surface area contributed by atoms with Crippen LogP contribution in [0.3, 0.4) is 0 Å². The first-order valence-corrected chi connectivity index (χ1v) is 7.64. The Morgan fingerprint density at radius 3 is 2.80 bits per heavy atom. The molecule has 0 spiro atoms. The summed E-state index contributed by atoms with van der Waals surface area (Å²) in [7, 11) is 1.31. The van der Waals surface area contributed by atoms with Crippen molar-refractivity contribution in [3.05, 3.63) is 64.6 Å². The monoisotopic (exact) mass is 359 g/mol. The van der Waals surface area contributed by atoms with Crippen molar-refractivity contribution in [2.24, 2.45) is 5.73 Å². The van der Waals surface area contributed by atoms with Gasteiger partial charge in [-0.25, -0.2) is 9.78 Å². The zero-order valence-electron chi connectivity index (χ0n) is 13.2. The summed E-state index contributed by atoms with van der Waals surface area (Å²) in [6.45, 7) is 0.0875. The van der Waals surface area contributed by atoms with E-state index in [2.05, 4.69) is 4.98 Å².